The molecule has 1 heterocycles. The second-order valence-corrected chi connectivity index (χ2v) is 6.83. The predicted octanol–water partition coefficient (Wildman–Crippen LogP) is 3.46. The summed E-state index contributed by atoms with van der Waals surface area (Å²) in [4.78, 5) is 7.01. The van der Waals surface area contributed by atoms with Crippen molar-refractivity contribution in [2.45, 2.75) is 12.8 Å². The molecular weight excluding hydrogens is 352 g/mol. The number of nitrogens with zero attached hydrogens (tertiary/aromatic N) is 2. The number of ether oxygens (including phenoxy) is 3. The van der Waals surface area contributed by atoms with Crippen LogP contribution in [0.15, 0.2) is 53.5 Å². The van der Waals surface area contributed by atoms with Crippen molar-refractivity contribution < 1.29 is 14.2 Å². The molecule has 1 fully saturated rings. The molecule has 2 aromatic rings. The Balaban J connectivity index is 1.50. The maximum atomic E-state index is 6.06. The summed E-state index contributed by atoms with van der Waals surface area (Å²) >= 11 is 0. The summed E-state index contributed by atoms with van der Waals surface area (Å²) in [6.07, 6.45) is 3.82. The van der Waals surface area contributed by atoms with Crippen LogP contribution in [0.1, 0.15) is 17.5 Å². The largest absolute Gasteiger partial charge is 0.497 e. The SMILES string of the molecule is COc1ccc(C=NCCc2ccccc2)c(OCCCN2CCOCC2)c1. The fourth-order valence-corrected chi connectivity index (χ4v) is 3.17. The fourth-order valence-electron chi connectivity index (χ4n) is 3.17. The van der Waals surface area contributed by atoms with Crippen molar-refractivity contribution in [2.75, 3.05) is 53.1 Å². The topological polar surface area (TPSA) is 43.3 Å². The van der Waals surface area contributed by atoms with Gasteiger partial charge in [0, 0.05) is 44.0 Å². The normalized spacial score (nSPS) is 15.0. The van der Waals surface area contributed by atoms with E-state index in [0.717, 1.165) is 69.3 Å². The van der Waals surface area contributed by atoms with E-state index in [1.807, 2.05) is 30.5 Å². The number of aliphatic imine (C=N–C) groups is 1. The molecule has 0 spiro atoms. The molecular formula is C23H30N2O3. The van der Waals surface area contributed by atoms with Gasteiger partial charge in [-0.1, -0.05) is 30.3 Å². The van der Waals surface area contributed by atoms with E-state index in [-0.39, 0.29) is 0 Å². The van der Waals surface area contributed by atoms with Gasteiger partial charge in [-0.3, -0.25) is 9.89 Å². The minimum atomic E-state index is 0.676. The lowest BCUT2D eigenvalue weighted by molar-refractivity contribution is 0.0358. The maximum absolute atomic E-state index is 6.06. The van der Waals surface area contributed by atoms with Crippen LogP contribution < -0.4 is 9.47 Å². The highest BCUT2D eigenvalue weighted by Gasteiger charge is 2.10. The first kappa shape index (κ1) is 20.4. The second kappa shape index (κ2) is 11.5. The van der Waals surface area contributed by atoms with E-state index in [2.05, 4.69) is 34.2 Å². The third kappa shape index (κ3) is 6.66. The summed E-state index contributed by atoms with van der Waals surface area (Å²) in [5.74, 6) is 1.62. The zero-order chi connectivity index (χ0) is 19.4. The fraction of sp³-hybridized carbons (Fsp3) is 0.435. The molecule has 3 rings (SSSR count). The third-order valence-electron chi connectivity index (χ3n) is 4.80. The van der Waals surface area contributed by atoms with Gasteiger partial charge < -0.3 is 14.2 Å². The molecule has 1 aliphatic heterocycles. The molecule has 150 valence electrons. The van der Waals surface area contributed by atoms with Gasteiger partial charge in [0.05, 0.1) is 26.9 Å². The zero-order valence-corrected chi connectivity index (χ0v) is 16.7. The predicted molar refractivity (Wildman–Crippen MR) is 113 cm³/mol. The Kier molecular flexibility index (Phi) is 8.34. The molecule has 0 radical (unpaired) electrons. The molecule has 0 atom stereocenters. The summed E-state index contributed by atoms with van der Waals surface area (Å²) in [5, 5.41) is 0. The standard InChI is InChI=1S/C23H30N2O3/c1-26-22-9-8-21(19-24-11-10-20-6-3-2-4-7-20)23(18-22)28-15-5-12-25-13-16-27-17-14-25/h2-4,6-9,18-19H,5,10-17H2,1H3. The van der Waals surface area contributed by atoms with Crippen LogP contribution in [0.2, 0.25) is 0 Å². The van der Waals surface area contributed by atoms with Crippen molar-refractivity contribution in [3.05, 3.63) is 59.7 Å². The van der Waals surface area contributed by atoms with Crippen LogP contribution in [0.5, 0.6) is 11.5 Å². The first-order valence-electron chi connectivity index (χ1n) is 10.00. The highest BCUT2D eigenvalue weighted by atomic mass is 16.5. The Morgan fingerprint density at radius 1 is 1.11 bits per heavy atom. The number of methoxy groups -OCH3 is 1. The quantitative estimate of drug-likeness (QED) is 0.466. The lowest BCUT2D eigenvalue weighted by Crippen LogP contribution is -2.37. The molecule has 0 N–H and O–H groups in total. The van der Waals surface area contributed by atoms with Gasteiger partial charge in [-0.2, -0.15) is 0 Å². The van der Waals surface area contributed by atoms with Gasteiger partial charge in [0.2, 0.25) is 0 Å². The van der Waals surface area contributed by atoms with Gasteiger partial charge in [-0.25, -0.2) is 0 Å². The van der Waals surface area contributed by atoms with Crippen molar-refractivity contribution in [1.82, 2.24) is 4.90 Å². The first-order valence-corrected chi connectivity index (χ1v) is 10.00. The number of benzene rings is 2. The monoisotopic (exact) mass is 382 g/mol. The highest BCUT2D eigenvalue weighted by Crippen LogP contribution is 2.24. The Morgan fingerprint density at radius 3 is 2.71 bits per heavy atom. The summed E-state index contributed by atoms with van der Waals surface area (Å²) < 4.78 is 16.8. The van der Waals surface area contributed by atoms with Crippen LogP contribution in [-0.4, -0.2) is 64.2 Å². The van der Waals surface area contributed by atoms with Gasteiger partial charge in [0.25, 0.3) is 0 Å². The number of morpholine rings is 1. The molecule has 0 amide bonds. The number of hydrogen-bond donors (Lipinski definition) is 0. The van der Waals surface area contributed by atoms with Crippen molar-refractivity contribution in [2.24, 2.45) is 4.99 Å². The van der Waals surface area contributed by atoms with E-state index < -0.39 is 0 Å². The van der Waals surface area contributed by atoms with Crippen LogP contribution >= 0.6 is 0 Å². The van der Waals surface area contributed by atoms with E-state index in [1.54, 1.807) is 7.11 Å². The number of rotatable bonds is 10. The molecule has 28 heavy (non-hydrogen) atoms. The van der Waals surface area contributed by atoms with Gasteiger partial charge in [0.15, 0.2) is 0 Å². The van der Waals surface area contributed by atoms with Crippen molar-refractivity contribution in [3.63, 3.8) is 0 Å². The molecule has 5 heteroatoms. The van der Waals surface area contributed by atoms with Crippen molar-refractivity contribution >= 4 is 6.21 Å². The van der Waals surface area contributed by atoms with Gasteiger partial charge in [-0.15, -0.1) is 0 Å². The number of hydrogen-bond acceptors (Lipinski definition) is 5. The summed E-state index contributed by atoms with van der Waals surface area (Å²) in [5.41, 5.74) is 2.29. The molecule has 0 unspecified atom stereocenters. The van der Waals surface area contributed by atoms with E-state index in [1.165, 1.54) is 5.56 Å². The molecule has 2 aromatic carbocycles. The van der Waals surface area contributed by atoms with E-state index in [4.69, 9.17) is 14.2 Å². The average Bonchev–Trinajstić information content (AvgIpc) is 2.76. The average molecular weight is 383 g/mol. The Bertz CT molecular complexity index is 728. The second-order valence-electron chi connectivity index (χ2n) is 6.83. The van der Waals surface area contributed by atoms with Crippen LogP contribution in [0, 0.1) is 0 Å². The minimum Gasteiger partial charge on any atom is -0.497 e. The van der Waals surface area contributed by atoms with Gasteiger partial charge in [-0.05, 0) is 30.5 Å². The van der Waals surface area contributed by atoms with Crippen molar-refractivity contribution in [3.8, 4) is 11.5 Å². The molecule has 0 saturated carbocycles. The Hall–Kier alpha value is -2.37. The molecule has 0 bridgehead atoms. The Labute approximate surface area is 167 Å². The zero-order valence-electron chi connectivity index (χ0n) is 16.7. The summed E-state index contributed by atoms with van der Waals surface area (Å²) in [7, 11) is 1.67. The third-order valence-corrected chi connectivity index (χ3v) is 4.80. The molecule has 1 saturated heterocycles. The van der Waals surface area contributed by atoms with Crippen LogP contribution in [0.4, 0.5) is 0 Å². The van der Waals surface area contributed by atoms with Crippen molar-refractivity contribution in [1.29, 1.82) is 0 Å². The summed E-state index contributed by atoms with van der Waals surface area (Å²) in [6.45, 7) is 6.16. The highest BCUT2D eigenvalue weighted by molar-refractivity contribution is 5.84. The van der Waals surface area contributed by atoms with Crippen LogP contribution in [0.3, 0.4) is 0 Å². The van der Waals surface area contributed by atoms with Gasteiger partial charge in [0.1, 0.15) is 11.5 Å². The molecule has 1 aliphatic rings. The lowest BCUT2D eigenvalue weighted by atomic mass is 10.1. The van der Waals surface area contributed by atoms with E-state index in [0.29, 0.717) is 6.61 Å². The molecule has 5 nitrogen and oxygen atoms in total. The lowest BCUT2D eigenvalue weighted by Gasteiger charge is -2.26. The van der Waals surface area contributed by atoms with E-state index >= 15 is 0 Å². The van der Waals surface area contributed by atoms with Gasteiger partial charge >= 0.3 is 0 Å². The van der Waals surface area contributed by atoms with Crippen LogP contribution in [0.25, 0.3) is 0 Å². The molecule has 0 aromatic heterocycles. The molecule has 0 aliphatic carbocycles. The van der Waals surface area contributed by atoms with E-state index in [9.17, 15) is 0 Å². The smallest absolute Gasteiger partial charge is 0.131 e. The summed E-state index contributed by atoms with van der Waals surface area (Å²) in [6, 6.07) is 16.3. The minimum absolute atomic E-state index is 0.676. The first-order chi connectivity index (χ1) is 13.8. The Morgan fingerprint density at radius 2 is 1.93 bits per heavy atom. The maximum Gasteiger partial charge on any atom is 0.131 e. The van der Waals surface area contributed by atoms with Crippen LogP contribution in [-0.2, 0) is 11.2 Å².